The van der Waals surface area contributed by atoms with Gasteiger partial charge in [-0.05, 0) is 37.1 Å². The molecule has 0 aliphatic rings. The minimum Gasteiger partial charge on any atom is -0.390 e. The smallest absolute Gasteiger partial charge is 0.248 e. The zero-order chi connectivity index (χ0) is 15.4. The van der Waals surface area contributed by atoms with E-state index in [4.69, 9.17) is 5.73 Å². The van der Waals surface area contributed by atoms with E-state index in [1.165, 1.54) is 0 Å². The molecule has 2 aromatic rings. The van der Waals surface area contributed by atoms with Crippen LogP contribution in [-0.2, 0) is 6.61 Å². The molecular weight excluding hydrogens is 268 g/mol. The summed E-state index contributed by atoms with van der Waals surface area (Å²) in [6.45, 7) is 4.07. The van der Waals surface area contributed by atoms with E-state index in [-0.39, 0.29) is 12.5 Å². The van der Waals surface area contributed by atoms with E-state index in [1.54, 1.807) is 28.9 Å². The Balaban J connectivity index is 2.48. The number of rotatable bonds is 6. The third kappa shape index (κ3) is 2.95. The summed E-state index contributed by atoms with van der Waals surface area (Å²) in [6, 6.07) is 6.88. The van der Waals surface area contributed by atoms with E-state index in [0.717, 1.165) is 24.2 Å². The Hall–Kier alpha value is -2.21. The molecule has 0 aliphatic carbocycles. The summed E-state index contributed by atoms with van der Waals surface area (Å²) in [4.78, 5) is 11.1. The van der Waals surface area contributed by atoms with Crippen LogP contribution in [0.2, 0.25) is 0 Å². The topological polar surface area (TPSA) is 94.0 Å². The van der Waals surface area contributed by atoms with Gasteiger partial charge < -0.3 is 10.8 Å². The molecular formula is C15H20N4O2. The average Bonchev–Trinajstić information content (AvgIpc) is 2.92. The molecule has 1 amide bonds. The number of carbonyl (C=O) groups excluding carboxylic acids is 1. The van der Waals surface area contributed by atoms with Crippen LogP contribution in [0.25, 0.3) is 5.69 Å². The molecule has 6 heteroatoms. The van der Waals surface area contributed by atoms with E-state index in [9.17, 15) is 9.90 Å². The molecule has 21 heavy (non-hydrogen) atoms. The minimum absolute atomic E-state index is 0.134. The van der Waals surface area contributed by atoms with Crippen molar-refractivity contribution in [3.63, 3.8) is 0 Å². The number of aromatic nitrogens is 3. The fourth-order valence-electron chi connectivity index (χ4n) is 2.47. The number of aliphatic hydroxyl groups excluding tert-OH is 1. The maximum atomic E-state index is 11.1. The number of benzene rings is 1. The van der Waals surface area contributed by atoms with Gasteiger partial charge in [0.25, 0.3) is 0 Å². The Morgan fingerprint density at radius 2 is 1.90 bits per heavy atom. The lowest BCUT2D eigenvalue weighted by molar-refractivity contribution is 0.100. The van der Waals surface area contributed by atoms with E-state index in [0.29, 0.717) is 11.3 Å². The fourth-order valence-corrected chi connectivity index (χ4v) is 2.47. The van der Waals surface area contributed by atoms with Crippen LogP contribution >= 0.6 is 0 Å². The van der Waals surface area contributed by atoms with Gasteiger partial charge in [-0.3, -0.25) is 4.79 Å². The van der Waals surface area contributed by atoms with Gasteiger partial charge in [-0.15, -0.1) is 5.10 Å². The van der Waals surface area contributed by atoms with Crippen molar-refractivity contribution in [2.24, 2.45) is 5.73 Å². The standard InChI is InChI=1S/C15H20N4O2/c1-3-10(4-2)14-13(9-20)17-18-19(14)12-7-5-11(6-8-12)15(16)21/h5-8,10,20H,3-4,9H2,1-2H3,(H2,16,21). The van der Waals surface area contributed by atoms with Crippen molar-refractivity contribution < 1.29 is 9.90 Å². The van der Waals surface area contributed by atoms with Gasteiger partial charge in [0.1, 0.15) is 5.69 Å². The van der Waals surface area contributed by atoms with Gasteiger partial charge in [0.2, 0.25) is 5.91 Å². The summed E-state index contributed by atoms with van der Waals surface area (Å²) in [5.74, 6) is -0.186. The summed E-state index contributed by atoms with van der Waals surface area (Å²) in [6.07, 6.45) is 1.88. The van der Waals surface area contributed by atoms with Gasteiger partial charge in [0.05, 0.1) is 18.0 Å². The first kappa shape index (κ1) is 15.2. The molecule has 2 rings (SSSR count). The lowest BCUT2D eigenvalue weighted by Crippen LogP contribution is -2.12. The third-order valence-corrected chi connectivity index (χ3v) is 3.70. The van der Waals surface area contributed by atoms with Crippen molar-refractivity contribution in [2.75, 3.05) is 0 Å². The summed E-state index contributed by atoms with van der Waals surface area (Å²) < 4.78 is 1.73. The highest BCUT2D eigenvalue weighted by Crippen LogP contribution is 2.27. The molecule has 0 radical (unpaired) electrons. The molecule has 1 heterocycles. The highest BCUT2D eigenvalue weighted by Gasteiger charge is 2.20. The van der Waals surface area contributed by atoms with Crippen molar-refractivity contribution in [3.05, 3.63) is 41.2 Å². The first-order chi connectivity index (χ1) is 10.1. The molecule has 6 nitrogen and oxygen atoms in total. The Morgan fingerprint density at radius 1 is 1.29 bits per heavy atom. The van der Waals surface area contributed by atoms with Gasteiger partial charge in [-0.1, -0.05) is 19.1 Å². The highest BCUT2D eigenvalue weighted by atomic mass is 16.3. The Labute approximate surface area is 123 Å². The maximum Gasteiger partial charge on any atom is 0.248 e. The summed E-state index contributed by atoms with van der Waals surface area (Å²) in [5.41, 5.74) is 8.02. The number of nitrogens with zero attached hydrogens (tertiary/aromatic N) is 3. The summed E-state index contributed by atoms with van der Waals surface area (Å²) >= 11 is 0. The highest BCUT2D eigenvalue weighted by molar-refractivity contribution is 5.92. The molecule has 0 unspecified atom stereocenters. The second-order valence-electron chi connectivity index (χ2n) is 4.92. The molecule has 3 N–H and O–H groups in total. The predicted molar refractivity (Wildman–Crippen MR) is 79.1 cm³/mol. The Bertz CT molecular complexity index is 615. The molecule has 0 aliphatic heterocycles. The summed E-state index contributed by atoms with van der Waals surface area (Å²) in [5, 5.41) is 17.7. The van der Waals surface area contributed by atoms with Crippen LogP contribution in [0.5, 0.6) is 0 Å². The van der Waals surface area contributed by atoms with Gasteiger partial charge in [-0.2, -0.15) is 0 Å². The fraction of sp³-hybridized carbons (Fsp3) is 0.400. The van der Waals surface area contributed by atoms with Crippen LogP contribution in [0.1, 0.15) is 54.4 Å². The Morgan fingerprint density at radius 3 is 2.38 bits per heavy atom. The van der Waals surface area contributed by atoms with Crippen LogP contribution in [0, 0.1) is 0 Å². The van der Waals surface area contributed by atoms with E-state index in [2.05, 4.69) is 24.2 Å². The van der Waals surface area contributed by atoms with Crippen molar-refractivity contribution in [2.45, 2.75) is 39.2 Å². The number of hydrogen-bond donors (Lipinski definition) is 2. The largest absolute Gasteiger partial charge is 0.390 e. The Kier molecular flexibility index (Phi) is 4.70. The number of amides is 1. The molecule has 1 aromatic carbocycles. The van der Waals surface area contributed by atoms with Crippen molar-refractivity contribution in [1.29, 1.82) is 0 Å². The number of nitrogens with two attached hydrogens (primary N) is 1. The van der Waals surface area contributed by atoms with E-state index in [1.807, 2.05) is 0 Å². The lowest BCUT2D eigenvalue weighted by Gasteiger charge is -2.15. The second-order valence-corrected chi connectivity index (χ2v) is 4.92. The van der Waals surface area contributed by atoms with Crippen molar-refractivity contribution in [1.82, 2.24) is 15.0 Å². The van der Waals surface area contributed by atoms with Crippen molar-refractivity contribution in [3.8, 4) is 5.69 Å². The SMILES string of the molecule is CCC(CC)c1c(CO)nnn1-c1ccc(C(N)=O)cc1. The number of hydrogen-bond acceptors (Lipinski definition) is 4. The quantitative estimate of drug-likeness (QED) is 0.847. The van der Waals surface area contributed by atoms with E-state index >= 15 is 0 Å². The number of aliphatic hydroxyl groups is 1. The minimum atomic E-state index is -0.462. The number of primary amides is 1. The van der Waals surface area contributed by atoms with Crippen LogP contribution in [-0.4, -0.2) is 26.0 Å². The normalized spacial score (nSPS) is 11.0. The third-order valence-electron chi connectivity index (χ3n) is 3.70. The van der Waals surface area contributed by atoms with Crippen LogP contribution in [0.3, 0.4) is 0 Å². The molecule has 0 fully saturated rings. The van der Waals surface area contributed by atoms with Crippen molar-refractivity contribution >= 4 is 5.91 Å². The average molecular weight is 288 g/mol. The molecule has 0 spiro atoms. The maximum absolute atomic E-state index is 11.1. The lowest BCUT2D eigenvalue weighted by atomic mass is 9.97. The molecule has 0 saturated heterocycles. The monoisotopic (exact) mass is 288 g/mol. The molecule has 1 aromatic heterocycles. The second kappa shape index (κ2) is 6.49. The molecule has 0 bridgehead atoms. The summed E-state index contributed by atoms with van der Waals surface area (Å²) in [7, 11) is 0. The van der Waals surface area contributed by atoms with E-state index < -0.39 is 5.91 Å². The van der Waals surface area contributed by atoms with Gasteiger partial charge in [-0.25, -0.2) is 4.68 Å². The molecule has 0 saturated carbocycles. The predicted octanol–water partition coefficient (Wildman–Crippen LogP) is 1.76. The van der Waals surface area contributed by atoms with Gasteiger partial charge >= 0.3 is 0 Å². The van der Waals surface area contributed by atoms with Gasteiger partial charge in [0, 0.05) is 11.5 Å². The zero-order valence-electron chi connectivity index (χ0n) is 12.3. The van der Waals surface area contributed by atoms with Crippen LogP contribution < -0.4 is 5.73 Å². The first-order valence-electron chi connectivity index (χ1n) is 7.07. The molecule has 112 valence electrons. The zero-order valence-corrected chi connectivity index (χ0v) is 12.3. The number of carbonyl (C=O) groups is 1. The van der Waals surface area contributed by atoms with Crippen LogP contribution in [0.15, 0.2) is 24.3 Å². The van der Waals surface area contributed by atoms with Gasteiger partial charge in [0.15, 0.2) is 0 Å². The van der Waals surface area contributed by atoms with Crippen LogP contribution in [0.4, 0.5) is 0 Å². The first-order valence-corrected chi connectivity index (χ1v) is 7.07. The molecule has 0 atom stereocenters.